The van der Waals surface area contributed by atoms with Gasteiger partial charge in [0.05, 0.1) is 13.7 Å². The van der Waals surface area contributed by atoms with Gasteiger partial charge in [0.25, 0.3) is 0 Å². The zero-order valence-corrected chi connectivity index (χ0v) is 16.7. The molecule has 1 aliphatic rings. The van der Waals surface area contributed by atoms with Gasteiger partial charge in [-0.15, -0.1) is 11.3 Å². The van der Waals surface area contributed by atoms with Crippen LogP contribution in [-0.4, -0.2) is 41.8 Å². The fraction of sp³-hybridized carbons (Fsp3) is 0.429. The molecule has 0 saturated carbocycles. The second-order valence-electron chi connectivity index (χ2n) is 6.87. The lowest BCUT2D eigenvalue weighted by Gasteiger charge is -2.34. The molecule has 27 heavy (non-hydrogen) atoms. The van der Waals surface area contributed by atoms with E-state index in [2.05, 4.69) is 6.07 Å². The molecule has 0 bridgehead atoms. The summed E-state index contributed by atoms with van der Waals surface area (Å²) in [7, 11) is 1.65. The maximum Gasteiger partial charge on any atom is 0.226 e. The van der Waals surface area contributed by atoms with Crippen LogP contribution < -0.4 is 4.74 Å². The van der Waals surface area contributed by atoms with Gasteiger partial charge in [0, 0.05) is 42.9 Å². The van der Waals surface area contributed by atoms with E-state index in [0.717, 1.165) is 24.2 Å². The molecule has 144 valence electrons. The van der Waals surface area contributed by atoms with Crippen molar-refractivity contribution >= 4 is 23.2 Å². The van der Waals surface area contributed by atoms with Gasteiger partial charge in [-0.3, -0.25) is 9.59 Å². The van der Waals surface area contributed by atoms with Crippen LogP contribution in [0.2, 0.25) is 0 Å². The predicted molar refractivity (Wildman–Crippen MR) is 107 cm³/mol. The minimum absolute atomic E-state index is 0.0322. The first kappa shape index (κ1) is 19.4. The second kappa shape index (κ2) is 9.04. The molecule has 0 aliphatic carbocycles. The highest BCUT2D eigenvalue weighted by molar-refractivity contribution is 7.09. The highest BCUT2D eigenvalue weighted by atomic mass is 32.1. The third-order valence-corrected chi connectivity index (χ3v) is 5.94. The third kappa shape index (κ3) is 4.89. The van der Waals surface area contributed by atoms with Gasteiger partial charge in [-0.1, -0.05) is 24.3 Å². The summed E-state index contributed by atoms with van der Waals surface area (Å²) >= 11 is 1.66. The summed E-state index contributed by atoms with van der Waals surface area (Å²) in [5, 5.41) is 2.03. The van der Waals surface area contributed by atoms with Gasteiger partial charge in [-0.25, -0.2) is 0 Å². The van der Waals surface area contributed by atoms with Gasteiger partial charge in [0.2, 0.25) is 11.8 Å². The standard InChI is InChI=1S/C21H26N2O3S/c1-16(24)22-11-9-17(10-12-22)21(25)23(15-19-7-5-13-27-19)14-18-6-3-4-8-20(18)26-2/h3-8,13,17H,9-12,14-15H2,1-2H3. The number of carbonyl (C=O) groups is 2. The first-order valence-corrected chi connectivity index (χ1v) is 10.1. The number of piperidine rings is 1. The lowest BCUT2D eigenvalue weighted by molar-refractivity contribution is -0.141. The van der Waals surface area contributed by atoms with Crippen LogP contribution in [0.25, 0.3) is 0 Å². The number of hydrogen-bond acceptors (Lipinski definition) is 4. The zero-order chi connectivity index (χ0) is 19.2. The van der Waals surface area contributed by atoms with Gasteiger partial charge in [-0.2, -0.15) is 0 Å². The quantitative estimate of drug-likeness (QED) is 0.763. The minimum Gasteiger partial charge on any atom is -0.496 e. The number of likely N-dealkylation sites (tertiary alicyclic amines) is 1. The first-order chi connectivity index (χ1) is 13.1. The topological polar surface area (TPSA) is 49.9 Å². The SMILES string of the molecule is COc1ccccc1CN(Cc1cccs1)C(=O)C1CCN(C(C)=O)CC1. The molecule has 1 fully saturated rings. The van der Waals surface area contributed by atoms with Crippen molar-refractivity contribution in [3.8, 4) is 5.75 Å². The van der Waals surface area contributed by atoms with Crippen LogP contribution in [0.5, 0.6) is 5.75 Å². The summed E-state index contributed by atoms with van der Waals surface area (Å²) in [6.07, 6.45) is 1.45. The van der Waals surface area contributed by atoms with E-state index in [4.69, 9.17) is 4.74 Å². The van der Waals surface area contributed by atoms with E-state index in [1.165, 1.54) is 4.88 Å². The molecule has 2 aromatic rings. The molecule has 5 nitrogen and oxygen atoms in total. The summed E-state index contributed by atoms with van der Waals surface area (Å²) in [6, 6.07) is 11.9. The van der Waals surface area contributed by atoms with Crippen molar-refractivity contribution in [1.82, 2.24) is 9.80 Å². The van der Waals surface area contributed by atoms with Crippen molar-refractivity contribution in [3.05, 3.63) is 52.2 Å². The molecular formula is C21H26N2O3S. The Labute approximate surface area is 164 Å². The van der Waals surface area contributed by atoms with E-state index in [1.54, 1.807) is 25.4 Å². The maximum absolute atomic E-state index is 13.3. The average Bonchev–Trinajstić information content (AvgIpc) is 3.20. The number of rotatable bonds is 6. The van der Waals surface area contributed by atoms with Gasteiger partial charge in [0.15, 0.2) is 0 Å². The molecule has 1 aromatic heterocycles. The lowest BCUT2D eigenvalue weighted by Crippen LogP contribution is -2.43. The fourth-order valence-corrected chi connectivity index (χ4v) is 4.26. The molecule has 1 aromatic carbocycles. The third-order valence-electron chi connectivity index (χ3n) is 5.08. The molecule has 0 radical (unpaired) electrons. The highest BCUT2D eigenvalue weighted by Crippen LogP contribution is 2.26. The predicted octanol–water partition coefficient (Wildman–Crippen LogP) is 3.54. The normalized spacial score (nSPS) is 14.8. The number of nitrogens with zero attached hydrogens (tertiary/aromatic N) is 2. The Bertz CT molecular complexity index is 767. The Balaban J connectivity index is 1.75. The van der Waals surface area contributed by atoms with E-state index in [9.17, 15) is 9.59 Å². The molecule has 0 spiro atoms. The Morgan fingerprint density at radius 1 is 1.15 bits per heavy atom. The molecule has 1 saturated heterocycles. The average molecular weight is 387 g/mol. The second-order valence-corrected chi connectivity index (χ2v) is 7.90. The van der Waals surface area contributed by atoms with E-state index in [0.29, 0.717) is 26.2 Å². The molecule has 2 amide bonds. The summed E-state index contributed by atoms with van der Waals surface area (Å²) in [6.45, 7) is 4.03. The van der Waals surface area contributed by atoms with Crippen molar-refractivity contribution < 1.29 is 14.3 Å². The summed E-state index contributed by atoms with van der Waals surface area (Å²) in [4.78, 5) is 29.8. The van der Waals surface area contributed by atoms with Crippen LogP contribution >= 0.6 is 11.3 Å². The first-order valence-electron chi connectivity index (χ1n) is 9.27. The molecule has 0 atom stereocenters. The molecule has 6 heteroatoms. The molecule has 1 aliphatic heterocycles. The van der Waals surface area contributed by atoms with E-state index < -0.39 is 0 Å². The van der Waals surface area contributed by atoms with Gasteiger partial charge >= 0.3 is 0 Å². The van der Waals surface area contributed by atoms with Gasteiger partial charge in [-0.05, 0) is 30.4 Å². The number of methoxy groups -OCH3 is 1. The smallest absolute Gasteiger partial charge is 0.226 e. The lowest BCUT2D eigenvalue weighted by atomic mass is 9.95. The molecule has 0 N–H and O–H groups in total. The van der Waals surface area contributed by atoms with Crippen LogP contribution in [0.3, 0.4) is 0 Å². The number of thiophene rings is 1. The Morgan fingerprint density at radius 3 is 2.52 bits per heavy atom. The van der Waals surface area contributed by atoms with E-state index in [1.807, 2.05) is 45.5 Å². The number of benzene rings is 1. The number of hydrogen-bond donors (Lipinski definition) is 0. The summed E-state index contributed by atoms with van der Waals surface area (Å²) in [5.41, 5.74) is 1.01. The van der Waals surface area contributed by atoms with Crippen molar-refractivity contribution in [2.24, 2.45) is 5.92 Å². The van der Waals surface area contributed by atoms with E-state index >= 15 is 0 Å². The van der Waals surface area contributed by atoms with Crippen LogP contribution in [0.15, 0.2) is 41.8 Å². The van der Waals surface area contributed by atoms with Gasteiger partial charge in [0.1, 0.15) is 5.75 Å². The zero-order valence-electron chi connectivity index (χ0n) is 15.9. The molecule has 3 rings (SSSR count). The van der Waals surface area contributed by atoms with Gasteiger partial charge < -0.3 is 14.5 Å². The number of carbonyl (C=O) groups excluding carboxylic acids is 2. The van der Waals surface area contributed by atoms with Crippen molar-refractivity contribution in [3.63, 3.8) is 0 Å². The summed E-state index contributed by atoms with van der Waals surface area (Å²) in [5.74, 6) is 1.02. The monoisotopic (exact) mass is 386 g/mol. The van der Waals surface area contributed by atoms with Crippen LogP contribution in [0, 0.1) is 5.92 Å². The maximum atomic E-state index is 13.3. The van der Waals surface area contributed by atoms with Crippen LogP contribution in [0.4, 0.5) is 0 Å². The highest BCUT2D eigenvalue weighted by Gasteiger charge is 2.30. The van der Waals surface area contributed by atoms with Crippen molar-refractivity contribution in [2.75, 3.05) is 20.2 Å². The summed E-state index contributed by atoms with van der Waals surface area (Å²) < 4.78 is 5.47. The van der Waals surface area contributed by atoms with E-state index in [-0.39, 0.29) is 17.7 Å². The fourth-order valence-electron chi connectivity index (χ4n) is 3.54. The minimum atomic E-state index is -0.0322. The Kier molecular flexibility index (Phi) is 6.50. The van der Waals surface area contributed by atoms with Crippen molar-refractivity contribution in [1.29, 1.82) is 0 Å². The molecular weight excluding hydrogens is 360 g/mol. The molecule has 0 unspecified atom stereocenters. The molecule has 2 heterocycles. The van der Waals surface area contributed by atoms with Crippen LogP contribution in [0.1, 0.15) is 30.2 Å². The Hall–Kier alpha value is -2.34. The number of para-hydroxylation sites is 1. The van der Waals surface area contributed by atoms with Crippen LogP contribution in [-0.2, 0) is 22.7 Å². The van der Waals surface area contributed by atoms with Crippen molar-refractivity contribution in [2.45, 2.75) is 32.9 Å². The number of ether oxygens (including phenoxy) is 1. The largest absolute Gasteiger partial charge is 0.496 e. The number of amides is 2. The Morgan fingerprint density at radius 2 is 1.89 bits per heavy atom.